The van der Waals surface area contributed by atoms with Crippen LogP contribution < -0.4 is 0 Å². The summed E-state index contributed by atoms with van der Waals surface area (Å²) in [6, 6.07) is 8.03. The zero-order valence-electron chi connectivity index (χ0n) is 20.2. The number of aromatic amines is 1. The molecule has 1 N–H and O–H groups in total. The first-order valence-corrected chi connectivity index (χ1v) is 11.6. The number of ketones is 1. The summed E-state index contributed by atoms with van der Waals surface area (Å²) in [6.45, 7) is 11.7. The van der Waals surface area contributed by atoms with E-state index in [1.807, 2.05) is 38.1 Å². The number of ether oxygens (including phenoxy) is 1. The van der Waals surface area contributed by atoms with E-state index >= 15 is 0 Å². The third-order valence-electron chi connectivity index (χ3n) is 6.16. The Hall–Kier alpha value is -3.30. The van der Waals surface area contributed by atoms with E-state index in [2.05, 4.69) is 24.9 Å². The summed E-state index contributed by atoms with van der Waals surface area (Å²) in [5, 5.41) is 4.11. The quantitative estimate of drug-likeness (QED) is 0.400. The van der Waals surface area contributed by atoms with Gasteiger partial charge in [0.25, 0.3) is 0 Å². The van der Waals surface area contributed by atoms with Crippen LogP contribution in [-0.4, -0.2) is 76.0 Å². The van der Waals surface area contributed by atoms with Crippen LogP contribution in [-0.2, 0) is 11.3 Å². The summed E-state index contributed by atoms with van der Waals surface area (Å²) in [5.74, 6) is 0.765. The van der Waals surface area contributed by atoms with Gasteiger partial charge in [0, 0.05) is 43.0 Å². The van der Waals surface area contributed by atoms with Gasteiger partial charge in [0.05, 0.1) is 19.7 Å². The summed E-state index contributed by atoms with van der Waals surface area (Å²) in [5.41, 5.74) is 4.41. The second kappa shape index (κ2) is 10.3. The number of hydrogen-bond donors (Lipinski definition) is 1. The zero-order chi connectivity index (χ0) is 24.2. The number of aryl methyl sites for hydroxylation is 2. The van der Waals surface area contributed by atoms with Crippen LogP contribution in [0.15, 0.2) is 28.8 Å². The van der Waals surface area contributed by atoms with Gasteiger partial charge in [-0.3, -0.25) is 14.6 Å². The second-order valence-electron chi connectivity index (χ2n) is 8.70. The maximum Gasteiger partial charge on any atom is 0.355 e. The molecule has 9 heteroatoms. The normalized spacial score (nSPS) is 14.9. The minimum absolute atomic E-state index is 0.00916. The van der Waals surface area contributed by atoms with Gasteiger partial charge in [-0.25, -0.2) is 4.79 Å². The van der Waals surface area contributed by atoms with Crippen molar-refractivity contribution < 1.29 is 18.8 Å². The summed E-state index contributed by atoms with van der Waals surface area (Å²) in [6.07, 6.45) is 0. The molecule has 3 heterocycles. The molecule has 0 aliphatic carbocycles. The molecule has 34 heavy (non-hydrogen) atoms. The molecule has 1 aliphatic rings. The Labute approximate surface area is 199 Å². The third-order valence-corrected chi connectivity index (χ3v) is 6.16. The molecule has 4 rings (SSSR count). The van der Waals surface area contributed by atoms with Crippen LogP contribution in [0.25, 0.3) is 11.4 Å². The molecule has 3 aromatic rings. The van der Waals surface area contributed by atoms with E-state index in [-0.39, 0.29) is 5.78 Å². The van der Waals surface area contributed by atoms with Gasteiger partial charge in [0.15, 0.2) is 5.78 Å². The van der Waals surface area contributed by atoms with Crippen LogP contribution in [0.3, 0.4) is 0 Å². The largest absolute Gasteiger partial charge is 0.461 e. The molecule has 0 radical (unpaired) electrons. The van der Waals surface area contributed by atoms with E-state index in [0.29, 0.717) is 53.9 Å². The molecule has 1 aliphatic heterocycles. The second-order valence-corrected chi connectivity index (χ2v) is 8.70. The summed E-state index contributed by atoms with van der Waals surface area (Å²) in [4.78, 5) is 37.1. The van der Waals surface area contributed by atoms with Crippen molar-refractivity contribution in [3.63, 3.8) is 0 Å². The smallest absolute Gasteiger partial charge is 0.355 e. The summed E-state index contributed by atoms with van der Waals surface area (Å²) in [7, 11) is 0. The van der Waals surface area contributed by atoms with Gasteiger partial charge in [-0.1, -0.05) is 35.0 Å². The van der Waals surface area contributed by atoms with Gasteiger partial charge in [0.2, 0.25) is 11.7 Å². The molecule has 0 saturated carbocycles. The number of rotatable bonds is 8. The minimum Gasteiger partial charge on any atom is -0.461 e. The van der Waals surface area contributed by atoms with Gasteiger partial charge in [-0.05, 0) is 33.3 Å². The molecule has 0 unspecified atom stereocenters. The molecule has 0 spiro atoms. The van der Waals surface area contributed by atoms with Gasteiger partial charge >= 0.3 is 5.97 Å². The molecule has 1 fully saturated rings. The van der Waals surface area contributed by atoms with Gasteiger partial charge in [0.1, 0.15) is 5.69 Å². The average molecular weight is 466 g/mol. The van der Waals surface area contributed by atoms with Gasteiger partial charge < -0.3 is 14.2 Å². The molecule has 0 amide bonds. The number of hydrogen-bond acceptors (Lipinski definition) is 8. The number of nitrogens with one attached hydrogen (secondary N) is 1. The third kappa shape index (κ3) is 5.26. The number of piperazine rings is 1. The Kier molecular flexibility index (Phi) is 7.23. The van der Waals surface area contributed by atoms with Crippen LogP contribution in [0, 0.1) is 20.8 Å². The van der Waals surface area contributed by atoms with E-state index in [9.17, 15) is 9.59 Å². The fourth-order valence-electron chi connectivity index (χ4n) is 4.29. The highest BCUT2D eigenvalue weighted by Gasteiger charge is 2.26. The number of carbonyl (C=O) groups excluding carboxylic acids is 2. The first-order chi connectivity index (χ1) is 16.4. The molecular formula is C25H31N5O4. The number of carbonyl (C=O) groups is 2. The summed E-state index contributed by atoms with van der Waals surface area (Å²) >= 11 is 0. The van der Waals surface area contributed by atoms with Gasteiger partial charge in [-0.2, -0.15) is 4.98 Å². The van der Waals surface area contributed by atoms with Crippen molar-refractivity contribution in [1.82, 2.24) is 24.9 Å². The number of aromatic nitrogens is 3. The lowest BCUT2D eigenvalue weighted by Gasteiger charge is -2.33. The number of esters is 1. The molecule has 1 aromatic carbocycles. The van der Waals surface area contributed by atoms with Gasteiger partial charge in [-0.15, -0.1) is 0 Å². The SMILES string of the molecule is CCOC(=O)c1[nH]c(C)c(C(=O)CN2CCN(Cc3nc(-c4ccc(C)cc4)no3)CC2)c1C. The lowest BCUT2D eigenvalue weighted by molar-refractivity contribution is 0.0519. The highest BCUT2D eigenvalue weighted by Crippen LogP contribution is 2.21. The topological polar surface area (TPSA) is 105 Å². The van der Waals surface area contributed by atoms with Crippen molar-refractivity contribution in [2.24, 2.45) is 0 Å². The standard InChI is InChI=1S/C25H31N5O4/c1-5-33-25(32)23-17(3)22(18(4)26-23)20(31)14-29-10-12-30(13-11-29)15-21-27-24(28-34-21)19-8-6-16(2)7-9-19/h6-9,26H,5,10-15H2,1-4H3. The molecule has 1 saturated heterocycles. The molecular weight excluding hydrogens is 434 g/mol. The first-order valence-electron chi connectivity index (χ1n) is 11.6. The fraction of sp³-hybridized carbons (Fsp3) is 0.440. The lowest BCUT2D eigenvalue weighted by Crippen LogP contribution is -2.47. The van der Waals surface area contributed by atoms with E-state index in [1.54, 1.807) is 13.8 Å². The van der Waals surface area contributed by atoms with Crippen LogP contribution in [0.2, 0.25) is 0 Å². The van der Waals surface area contributed by atoms with Crippen LogP contribution in [0.1, 0.15) is 50.5 Å². The monoisotopic (exact) mass is 465 g/mol. The van der Waals surface area contributed by atoms with Crippen LogP contribution in [0.4, 0.5) is 0 Å². The predicted octanol–water partition coefficient (Wildman–Crippen LogP) is 3.17. The number of Topliss-reactive ketones (excluding diaryl/α,β-unsaturated/α-hetero) is 1. The number of H-pyrrole nitrogens is 1. The van der Waals surface area contributed by atoms with E-state index < -0.39 is 5.97 Å². The van der Waals surface area contributed by atoms with Crippen molar-refractivity contribution >= 4 is 11.8 Å². The zero-order valence-corrected chi connectivity index (χ0v) is 20.2. The Bertz CT molecular complexity index is 1160. The van der Waals surface area contributed by atoms with E-state index in [1.165, 1.54) is 5.56 Å². The Balaban J connectivity index is 1.30. The van der Waals surface area contributed by atoms with E-state index in [4.69, 9.17) is 9.26 Å². The van der Waals surface area contributed by atoms with Crippen LogP contribution >= 0.6 is 0 Å². The first kappa shape index (κ1) is 23.8. The maximum atomic E-state index is 13.0. The highest BCUT2D eigenvalue weighted by molar-refractivity contribution is 6.03. The highest BCUT2D eigenvalue weighted by atomic mass is 16.5. The Morgan fingerprint density at radius 1 is 1.06 bits per heavy atom. The van der Waals surface area contributed by atoms with Crippen molar-refractivity contribution in [2.75, 3.05) is 39.3 Å². The maximum absolute atomic E-state index is 13.0. The molecule has 0 atom stereocenters. The van der Waals surface area contributed by atoms with E-state index in [0.717, 1.165) is 31.7 Å². The molecule has 9 nitrogen and oxygen atoms in total. The fourth-order valence-corrected chi connectivity index (χ4v) is 4.29. The Morgan fingerprint density at radius 2 is 1.74 bits per heavy atom. The lowest BCUT2D eigenvalue weighted by atomic mass is 10.0. The predicted molar refractivity (Wildman–Crippen MR) is 127 cm³/mol. The Morgan fingerprint density at radius 3 is 2.41 bits per heavy atom. The van der Waals surface area contributed by atoms with Crippen LogP contribution in [0.5, 0.6) is 0 Å². The van der Waals surface area contributed by atoms with Crippen molar-refractivity contribution in [1.29, 1.82) is 0 Å². The minimum atomic E-state index is -0.428. The summed E-state index contributed by atoms with van der Waals surface area (Å²) < 4.78 is 10.5. The molecule has 180 valence electrons. The number of nitrogens with zero attached hydrogens (tertiary/aromatic N) is 4. The molecule has 2 aromatic heterocycles. The van der Waals surface area contributed by atoms with Crippen molar-refractivity contribution in [2.45, 2.75) is 34.2 Å². The molecule has 0 bridgehead atoms. The average Bonchev–Trinajstić information content (AvgIpc) is 3.39. The van der Waals surface area contributed by atoms with Crippen molar-refractivity contribution in [3.8, 4) is 11.4 Å². The van der Waals surface area contributed by atoms with Crippen molar-refractivity contribution in [3.05, 3.63) is 58.2 Å². The number of benzene rings is 1.